The Kier molecular flexibility index (Phi) is 5.87. The summed E-state index contributed by atoms with van der Waals surface area (Å²) in [5, 5.41) is 8.95. The molecule has 16 heavy (non-hydrogen) atoms. The number of piperidine rings is 1. The molecule has 1 rings (SSSR count). The minimum atomic E-state index is -0.201. The topological polar surface area (TPSA) is 53.3 Å². The molecule has 90 valence electrons. The first-order chi connectivity index (χ1) is 7.79. The van der Waals surface area contributed by atoms with Crippen LogP contribution in [-0.2, 0) is 9.53 Å². The minimum Gasteiger partial charge on any atom is -0.382 e. The first-order valence-electron chi connectivity index (χ1n) is 6.06. The standard InChI is InChI=1S/C12H20N2O2/c1-2-16-9-5-7-12(15)14-8-4-3-6-11(14)10-13/h11H,2-9H2,1H3. The predicted molar refractivity (Wildman–Crippen MR) is 60.7 cm³/mol. The van der Waals surface area contributed by atoms with Crippen molar-refractivity contribution in [1.29, 1.82) is 5.26 Å². The van der Waals surface area contributed by atoms with Gasteiger partial charge in [-0.05, 0) is 32.6 Å². The largest absolute Gasteiger partial charge is 0.382 e. The number of amides is 1. The number of carbonyl (C=O) groups is 1. The molecule has 1 aliphatic heterocycles. The van der Waals surface area contributed by atoms with Crippen molar-refractivity contribution in [2.75, 3.05) is 19.8 Å². The Morgan fingerprint density at radius 3 is 3.06 bits per heavy atom. The molecule has 0 aromatic carbocycles. The first kappa shape index (κ1) is 13.0. The molecular weight excluding hydrogens is 204 g/mol. The van der Waals surface area contributed by atoms with Crippen LogP contribution in [0.4, 0.5) is 0 Å². The molecule has 0 saturated carbocycles. The number of ether oxygens (including phenoxy) is 1. The Morgan fingerprint density at radius 1 is 1.56 bits per heavy atom. The monoisotopic (exact) mass is 224 g/mol. The van der Waals surface area contributed by atoms with E-state index in [9.17, 15) is 4.79 Å². The molecule has 0 aromatic rings. The smallest absolute Gasteiger partial charge is 0.223 e. The second-order valence-corrected chi connectivity index (χ2v) is 4.03. The average molecular weight is 224 g/mol. The molecule has 0 bridgehead atoms. The summed E-state index contributed by atoms with van der Waals surface area (Å²) in [4.78, 5) is 13.6. The highest BCUT2D eigenvalue weighted by molar-refractivity contribution is 5.77. The van der Waals surface area contributed by atoms with Crippen molar-refractivity contribution in [2.45, 2.75) is 45.1 Å². The van der Waals surface area contributed by atoms with Crippen LogP contribution in [0, 0.1) is 11.3 Å². The highest BCUT2D eigenvalue weighted by Crippen LogP contribution is 2.17. The fraction of sp³-hybridized carbons (Fsp3) is 0.833. The van der Waals surface area contributed by atoms with Gasteiger partial charge in [0.05, 0.1) is 6.07 Å². The Bertz CT molecular complexity index is 260. The van der Waals surface area contributed by atoms with Gasteiger partial charge < -0.3 is 9.64 Å². The number of rotatable bonds is 5. The number of likely N-dealkylation sites (tertiary alicyclic amines) is 1. The highest BCUT2D eigenvalue weighted by Gasteiger charge is 2.25. The normalized spacial score (nSPS) is 20.5. The third-order valence-corrected chi connectivity index (χ3v) is 2.86. The summed E-state index contributed by atoms with van der Waals surface area (Å²) in [7, 11) is 0. The van der Waals surface area contributed by atoms with Crippen molar-refractivity contribution >= 4 is 5.91 Å². The van der Waals surface area contributed by atoms with E-state index in [-0.39, 0.29) is 11.9 Å². The molecule has 4 heteroatoms. The van der Waals surface area contributed by atoms with E-state index < -0.39 is 0 Å². The molecule has 1 fully saturated rings. The Labute approximate surface area is 97.2 Å². The van der Waals surface area contributed by atoms with E-state index in [4.69, 9.17) is 10.00 Å². The summed E-state index contributed by atoms with van der Waals surface area (Å²) in [6.45, 7) is 4.01. The summed E-state index contributed by atoms with van der Waals surface area (Å²) in [6.07, 6.45) is 4.16. The molecule has 4 nitrogen and oxygen atoms in total. The molecule has 0 aliphatic carbocycles. The zero-order valence-electron chi connectivity index (χ0n) is 9.95. The molecule has 0 spiro atoms. The number of carbonyl (C=O) groups excluding carboxylic acids is 1. The molecule has 0 N–H and O–H groups in total. The van der Waals surface area contributed by atoms with E-state index >= 15 is 0 Å². The maximum absolute atomic E-state index is 11.8. The second kappa shape index (κ2) is 7.24. The molecule has 1 aliphatic rings. The van der Waals surface area contributed by atoms with Gasteiger partial charge in [0, 0.05) is 26.2 Å². The molecule has 1 heterocycles. The van der Waals surface area contributed by atoms with Crippen molar-refractivity contribution in [3.63, 3.8) is 0 Å². The van der Waals surface area contributed by atoms with Crippen LogP contribution in [0.1, 0.15) is 39.0 Å². The van der Waals surface area contributed by atoms with E-state index in [0.29, 0.717) is 19.6 Å². The van der Waals surface area contributed by atoms with Crippen molar-refractivity contribution in [3.8, 4) is 6.07 Å². The van der Waals surface area contributed by atoms with Crippen molar-refractivity contribution < 1.29 is 9.53 Å². The fourth-order valence-corrected chi connectivity index (χ4v) is 1.98. The van der Waals surface area contributed by atoms with Gasteiger partial charge in [0.2, 0.25) is 5.91 Å². The van der Waals surface area contributed by atoms with Crippen LogP contribution in [0.3, 0.4) is 0 Å². The SMILES string of the molecule is CCOCCCC(=O)N1CCCCC1C#N. The van der Waals surface area contributed by atoms with E-state index in [1.807, 2.05) is 6.92 Å². The summed E-state index contributed by atoms with van der Waals surface area (Å²) < 4.78 is 5.19. The quantitative estimate of drug-likeness (QED) is 0.668. The van der Waals surface area contributed by atoms with Crippen molar-refractivity contribution in [2.24, 2.45) is 0 Å². The van der Waals surface area contributed by atoms with Crippen LogP contribution >= 0.6 is 0 Å². The molecule has 1 saturated heterocycles. The number of hydrogen-bond acceptors (Lipinski definition) is 3. The number of hydrogen-bond donors (Lipinski definition) is 0. The molecule has 1 amide bonds. The molecule has 1 unspecified atom stereocenters. The van der Waals surface area contributed by atoms with Crippen LogP contribution in [0.5, 0.6) is 0 Å². The molecule has 0 aromatic heterocycles. The lowest BCUT2D eigenvalue weighted by Gasteiger charge is -2.31. The average Bonchev–Trinajstić information content (AvgIpc) is 2.34. The maximum atomic E-state index is 11.8. The van der Waals surface area contributed by atoms with E-state index in [1.54, 1.807) is 4.90 Å². The Hall–Kier alpha value is -1.08. The molecular formula is C12H20N2O2. The van der Waals surface area contributed by atoms with Gasteiger partial charge in [0.25, 0.3) is 0 Å². The van der Waals surface area contributed by atoms with Gasteiger partial charge in [-0.3, -0.25) is 4.79 Å². The second-order valence-electron chi connectivity index (χ2n) is 4.03. The van der Waals surface area contributed by atoms with Gasteiger partial charge in [0.1, 0.15) is 6.04 Å². The van der Waals surface area contributed by atoms with Crippen LogP contribution in [0.2, 0.25) is 0 Å². The minimum absolute atomic E-state index is 0.103. The molecule has 1 atom stereocenters. The lowest BCUT2D eigenvalue weighted by atomic mass is 10.0. The van der Waals surface area contributed by atoms with Gasteiger partial charge in [-0.15, -0.1) is 0 Å². The van der Waals surface area contributed by atoms with Gasteiger partial charge in [0.15, 0.2) is 0 Å². The van der Waals surface area contributed by atoms with Crippen LogP contribution < -0.4 is 0 Å². The number of nitrogens with zero attached hydrogens (tertiary/aromatic N) is 2. The molecule has 0 radical (unpaired) electrons. The van der Waals surface area contributed by atoms with E-state index in [2.05, 4.69) is 6.07 Å². The van der Waals surface area contributed by atoms with Gasteiger partial charge in [-0.2, -0.15) is 5.26 Å². The van der Waals surface area contributed by atoms with Crippen LogP contribution in [0.15, 0.2) is 0 Å². The lowest BCUT2D eigenvalue weighted by Crippen LogP contribution is -2.42. The van der Waals surface area contributed by atoms with E-state index in [0.717, 1.165) is 32.2 Å². The summed E-state index contributed by atoms with van der Waals surface area (Å²) in [6, 6.07) is 2.01. The summed E-state index contributed by atoms with van der Waals surface area (Å²) in [5.74, 6) is 0.103. The van der Waals surface area contributed by atoms with Crippen LogP contribution in [0.25, 0.3) is 0 Å². The van der Waals surface area contributed by atoms with Gasteiger partial charge >= 0.3 is 0 Å². The third-order valence-electron chi connectivity index (χ3n) is 2.86. The maximum Gasteiger partial charge on any atom is 0.223 e. The summed E-state index contributed by atoms with van der Waals surface area (Å²) in [5.41, 5.74) is 0. The fourth-order valence-electron chi connectivity index (χ4n) is 1.98. The van der Waals surface area contributed by atoms with Crippen molar-refractivity contribution in [1.82, 2.24) is 4.90 Å². The summed E-state index contributed by atoms with van der Waals surface area (Å²) >= 11 is 0. The third kappa shape index (κ3) is 3.82. The van der Waals surface area contributed by atoms with Gasteiger partial charge in [-0.1, -0.05) is 0 Å². The first-order valence-corrected chi connectivity index (χ1v) is 6.06. The number of nitriles is 1. The zero-order chi connectivity index (χ0) is 11.8. The zero-order valence-corrected chi connectivity index (χ0v) is 9.95. The lowest BCUT2D eigenvalue weighted by molar-refractivity contribution is -0.133. The Morgan fingerprint density at radius 2 is 2.38 bits per heavy atom. The predicted octanol–water partition coefficient (Wildman–Crippen LogP) is 1.71. The van der Waals surface area contributed by atoms with Crippen molar-refractivity contribution in [3.05, 3.63) is 0 Å². The van der Waals surface area contributed by atoms with Crippen LogP contribution in [-0.4, -0.2) is 36.6 Å². The highest BCUT2D eigenvalue weighted by atomic mass is 16.5. The Balaban J connectivity index is 2.31. The van der Waals surface area contributed by atoms with E-state index in [1.165, 1.54) is 0 Å². The van der Waals surface area contributed by atoms with Gasteiger partial charge in [-0.25, -0.2) is 0 Å².